The van der Waals surface area contributed by atoms with Crippen LogP contribution >= 0.6 is 0 Å². The van der Waals surface area contributed by atoms with Crippen molar-refractivity contribution >= 4 is 11.6 Å². The summed E-state index contributed by atoms with van der Waals surface area (Å²) < 4.78 is 27.0. The number of halogens is 2. The van der Waals surface area contributed by atoms with Gasteiger partial charge in [-0.15, -0.1) is 0 Å². The Morgan fingerprint density at radius 2 is 2.00 bits per heavy atom. The molecule has 0 aliphatic carbocycles. The van der Waals surface area contributed by atoms with Gasteiger partial charge in [0.05, 0.1) is 12.2 Å². The normalized spacial score (nSPS) is 18.1. The summed E-state index contributed by atoms with van der Waals surface area (Å²) in [6.45, 7) is 0.932. The minimum Gasteiger partial charge on any atom is -0.322 e. The summed E-state index contributed by atoms with van der Waals surface area (Å²) in [6, 6.07) is 12.6. The summed E-state index contributed by atoms with van der Waals surface area (Å²) in [7, 11) is 0. The number of amides is 1. The fourth-order valence-corrected chi connectivity index (χ4v) is 3.04. The summed E-state index contributed by atoms with van der Waals surface area (Å²) in [5.41, 5.74) is 1.06. The molecule has 1 fully saturated rings. The molecule has 0 spiro atoms. The van der Waals surface area contributed by atoms with Gasteiger partial charge in [-0.3, -0.25) is 9.69 Å². The van der Waals surface area contributed by atoms with Crippen LogP contribution in [0.2, 0.25) is 0 Å². The zero-order valence-corrected chi connectivity index (χ0v) is 12.6. The molecule has 1 amide bonds. The summed E-state index contributed by atoms with van der Waals surface area (Å²) >= 11 is 0. The molecule has 1 aliphatic rings. The average Bonchev–Trinajstić information content (AvgIpc) is 2.97. The van der Waals surface area contributed by atoms with Crippen molar-refractivity contribution in [3.8, 4) is 0 Å². The van der Waals surface area contributed by atoms with Crippen LogP contribution in [-0.4, -0.2) is 23.9 Å². The second kappa shape index (κ2) is 6.87. The zero-order chi connectivity index (χ0) is 16.2. The molecule has 2 aromatic rings. The Morgan fingerprint density at radius 1 is 1.17 bits per heavy atom. The van der Waals surface area contributed by atoms with Crippen molar-refractivity contribution in [2.45, 2.75) is 18.9 Å². The van der Waals surface area contributed by atoms with Crippen LogP contribution in [0.1, 0.15) is 24.4 Å². The summed E-state index contributed by atoms with van der Waals surface area (Å²) in [4.78, 5) is 14.2. The van der Waals surface area contributed by atoms with Crippen molar-refractivity contribution < 1.29 is 13.6 Å². The number of hydrogen-bond acceptors (Lipinski definition) is 2. The van der Waals surface area contributed by atoms with Gasteiger partial charge in [-0.05, 0) is 49.2 Å². The minimum absolute atomic E-state index is 0.0251. The lowest BCUT2D eigenvalue weighted by Gasteiger charge is -2.24. The third kappa shape index (κ3) is 3.74. The zero-order valence-electron chi connectivity index (χ0n) is 12.6. The Hall–Kier alpha value is -2.27. The van der Waals surface area contributed by atoms with Gasteiger partial charge in [-0.2, -0.15) is 0 Å². The van der Waals surface area contributed by atoms with Gasteiger partial charge in [-0.25, -0.2) is 8.78 Å². The highest BCUT2D eigenvalue weighted by Crippen LogP contribution is 2.31. The topological polar surface area (TPSA) is 32.3 Å². The first-order valence-electron chi connectivity index (χ1n) is 7.67. The Morgan fingerprint density at radius 3 is 2.78 bits per heavy atom. The van der Waals surface area contributed by atoms with Gasteiger partial charge in [0, 0.05) is 6.04 Å². The molecular formula is C18H18F2N2O. The number of rotatable bonds is 4. The van der Waals surface area contributed by atoms with E-state index in [2.05, 4.69) is 5.32 Å². The molecule has 3 rings (SSSR count). The van der Waals surface area contributed by atoms with E-state index in [0.717, 1.165) is 24.9 Å². The molecule has 0 saturated carbocycles. The van der Waals surface area contributed by atoms with Crippen LogP contribution in [0.25, 0.3) is 0 Å². The Kier molecular flexibility index (Phi) is 4.67. The lowest BCUT2D eigenvalue weighted by Crippen LogP contribution is -2.33. The monoisotopic (exact) mass is 316 g/mol. The minimum atomic E-state index is -0.455. The lowest BCUT2D eigenvalue weighted by molar-refractivity contribution is -0.117. The molecule has 1 saturated heterocycles. The van der Waals surface area contributed by atoms with Crippen molar-refractivity contribution in [3.63, 3.8) is 0 Å². The van der Waals surface area contributed by atoms with E-state index in [4.69, 9.17) is 0 Å². The van der Waals surface area contributed by atoms with Crippen LogP contribution in [-0.2, 0) is 4.79 Å². The molecule has 5 heteroatoms. The third-order valence-electron chi connectivity index (χ3n) is 4.09. The van der Waals surface area contributed by atoms with Crippen LogP contribution in [0.3, 0.4) is 0 Å². The maximum Gasteiger partial charge on any atom is 0.238 e. The smallest absolute Gasteiger partial charge is 0.238 e. The molecule has 23 heavy (non-hydrogen) atoms. The van der Waals surface area contributed by atoms with E-state index < -0.39 is 5.82 Å². The summed E-state index contributed by atoms with van der Waals surface area (Å²) in [5.74, 6) is -0.993. The van der Waals surface area contributed by atoms with Crippen LogP contribution in [0.4, 0.5) is 14.5 Å². The fourth-order valence-electron chi connectivity index (χ4n) is 3.04. The Bertz CT molecular complexity index is 705. The van der Waals surface area contributed by atoms with Gasteiger partial charge in [0.1, 0.15) is 11.6 Å². The SMILES string of the molecule is O=C(CN1CCCC1c1cccc(F)c1)Nc1ccccc1F. The number of hydrogen-bond donors (Lipinski definition) is 1. The van der Waals surface area contributed by atoms with Crippen molar-refractivity contribution in [1.82, 2.24) is 4.90 Å². The first-order valence-corrected chi connectivity index (χ1v) is 7.67. The van der Waals surface area contributed by atoms with E-state index in [1.165, 1.54) is 24.3 Å². The molecule has 1 atom stereocenters. The molecular weight excluding hydrogens is 298 g/mol. The summed E-state index contributed by atoms with van der Waals surface area (Å²) in [6.07, 6.45) is 1.84. The highest BCUT2D eigenvalue weighted by Gasteiger charge is 2.27. The van der Waals surface area contributed by atoms with Gasteiger partial charge in [0.2, 0.25) is 5.91 Å². The highest BCUT2D eigenvalue weighted by atomic mass is 19.1. The van der Waals surface area contributed by atoms with Gasteiger partial charge >= 0.3 is 0 Å². The predicted octanol–water partition coefficient (Wildman–Crippen LogP) is 3.74. The van der Waals surface area contributed by atoms with Gasteiger partial charge in [0.15, 0.2) is 0 Å². The van der Waals surface area contributed by atoms with Crippen molar-refractivity contribution in [1.29, 1.82) is 0 Å². The Balaban J connectivity index is 1.67. The predicted molar refractivity (Wildman–Crippen MR) is 85.0 cm³/mol. The number of benzene rings is 2. The second-order valence-corrected chi connectivity index (χ2v) is 5.71. The number of nitrogens with one attached hydrogen (secondary N) is 1. The summed E-state index contributed by atoms with van der Waals surface area (Å²) in [5, 5.41) is 2.59. The Labute approximate surface area is 133 Å². The molecule has 0 aromatic heterocycles. The largest absolute Gasteiger partial charge is 0.322 e. The van der Waals surface area contributed by atoms with E-state index in [9.17, 15) is 13.6 Å². The first-order chi connectivity index (χ1) is 11.1. The molecule has 0 bridgehead atoms. The maximum absolute atomic E-state index is 13.6. The number of carbonyl (C=O) groups excluding carboxylic acids is 1. The standard InChI is InChI=1S/C18H18F2N2O/c19-14-6-3-5-13(11-14)17-9-4-10-22(17)12-18(23)21-16-8-2-1-7-15(16)20/h1-3,5-8,11,17H,4,9-10,12H2,(H,21,23). The fraction of sp³-hybridized carbons (Fsp3) is 0.278. The number of likely N-dealkylation sites (tertiary alicyclic amines) is 1. The van der Waals surface area contributed by atoms with E-state index in [-0.39, 0.29) is 30.0 Å². The molecule has 1 aliphatic heterocycles. The van der Waals surface area contributed by atoms with E-state index in [1.807, 2.05) is 11.0 Å². The molecule has 1 N–H and O–H groups in total. The maximum atomic E-state index is 13.6. The lowest BCUT2D eigenvalue weighted by atomic mass is 10.0. The molecule has 120 valence electrons. The molecule has 1 heterocycles. The number of nitrogens with zero attached hydrogens (tertiary/aromatic N) is 1. The molecule has 1 unspecified atom stereocenters. The van der Waals surface area contributed by atoms with Gasteiger partial charge < -0.3 is 5.32 Å². The van der Waals surface area contributed by atoms with E-state index in [1.54, 1.807) is 18.2 Å². The van der Waals surface area contributed by atoms with Crippen LogP contribution in [0.15, 0.2) is 48.5 Å². The van der Waals surface area contributed by atoms with Crippen molar-refractivity contribution in [3.05, 3.63) is 65.7 Å². The molecule has 3 nitrogen and oxygen atoms in total. The number of anilines is 1. The second-order valence-electron chi connectivity index (χ2n) is 5.71. The average molecular weight is 316 g/mol. The molecule has 2 aromatic carbocycles. The van der Waals surface area contributed by atoms with Gasteiger partial charge in [-0.1, -0.05) is 24.3 Å². The molecule has 0 radical (unpaired) electrons. The highest BCUT2D eigenvalue weighted by molar-refractivity contribution is 5.92. The number of carbonyl (C=O) groups is 1. The van der Waals surface area contributed by atoms with Gasteiger partial charge in [0.25, 0.3) is 0 Å². The van der Waals surface area contributed by atoms with E-state index in [0.29, 0.717) is 0 Å². The first kappa shape index (κ1) is 15.6. The van der Waals surface area contributed by atoms with Crippen molar-refractivity contribution in [2.24, 2.45) is 0 Å². The number of para-hydroxylation sites is 1. The third-order valence-corrected chi connectivity index (χ3v) is 4.09. The van der Waals surface area contributed by atoms with Crippen LogP contribution in [0, 0.1) is 11.6 Å². The quantitative estimate of drug-likeness (QED) is 0.932. The van der Waals surface area contributed by atoms with Crippen LogP contribution < -0.4 is 5.32 Å². The van der Waals surface area contributed by atoms with Crippen LogP contribution in [0.5, 0.6) is 0 Å². The van der Waals surface area contributed by atoms with E-state index >= 15 is 0 Å². The van der Waals surface area contributed by atoms with Crippen molar-refractivity contribution in [2.75, 3.05) is 18.4 Å².